The van der Waals surface area contributed by atoms with Crippen LogP contribution in [0.5, 0.6) is 5.75 Å². The standard InChI is InChI=1S/C20H19BrN4O3S/c1-2-28-14-9-7-13(8-10-14)25-20-15(18(23)26)16(22)17(29-20)19(27)24-12-5-3-11(21)4-6-12/h3-10,17H,2,22H2,1H3,(H2,23,26)(H,24,27). The fourth-order valence-corrected chi connectivity index (χ4v) is 4.05. The molecule has 9 heteroatoms. The van der Waals surface area contributed by atoms with Gasteiger partial charge in [0.05, 0.1) is 17.9 Å². The molecule has 0 bridgehead atoms. The third kappa shape index (κ3) is 4.99. The summed E-state index contributed by atoms with van der Waals surface area (Å²) in [5.41, 5.74) is 13.0. The Morgan fingerprint density at radius 1 is 1.17 bits per heavy atom. The third-order valence-corrected chi connectivity index (χ3v) is 5.74. The highest BCUT2D eigenvalue weighted by Gasteiger charge is 2.37. The third-order valence-electron chi connectivity index (χ3n) is 3.99. The molecule has 0 aromatic heterocycles. The highest BCUT2D eigenvalue weighted by atomic mass is 79.9. The minimum absolute atomic E-state index is 0.0693. The van der Waals surface area contributed by atoms with Gasteiger partial charge in [0.2, 0.25) is 5.91 Å². The van der Waals surface area contributed by atoms with Gasteiger partial charge in [-0.15, -0.1) is 0 Å². The first-order valence-corrected chi connectivity index (χ1v) is 10.4. The zero-order valence-corrected chi connectivity index (χ0v) is 17.9. The monoisotopic (exact) mass is 474 g/mol. The first-order valence-electron chi connectivity index (χ1n) is 8.73. The lowest BCUT2D eigenvalue weighted by Crippen LogP contribution is -2.29. The Bertz CT molecular complexity index is 988. The van der Waals surface area contributed by atoms with Crippen LogP contribution in [-0.2, 0) is 9.59 Å². The van der Waals surface area contributed by atoms with E-state index in [2.05, 4.69) is 26.2 Å². The van der Waals surface area contributed by atoms with E-state index in [4.69, 9.17) is 16.2 Å². The summed E-state index contributed by atoms with van der Waals surface area (Å²) in [6.45, 7) is 2.46. The average Bonchev–Trinajstić information content (AvgIpc) is 3.01. The molecule has 2 aromatic carbocycles. The van der Waals surface area contributed by atoms with Gasteiger partial charge in [-0.1, -0.05) is 27.7 Å². The first-order chi connectivity index (χ1) is 13.9. The molecule has 0 radical (unpaired) electrons. The quantitative estimate of drug-likeness (QED) is 0.592. The van der Waals surface area contributed by atoms with E-state index >= 15 is 0 Å². The van der Waals surface area contributed by atoms with Crippen LogP contribution in [0.4, 0.5) is 11.4 Å². The lowest BCUT2D eigenvalue weighted by Gasteiger charge is -2.11. The van der Waals surface area contributed by atoms with Crippen LogP contribution in [0.2, 0.25) is 0 Å². The van der Waals surface area contributed by atoms with Gasteiger partial charge in [-0.25, -0.2) is 4.99 Å². The van der Waals surface area contributed by atoms with Crippen LogP contribution in [-0.4, -0.2) is 28.7 Å². The molecule has 1 unspecified atom stereocenters. The van der Waals surface area contributed by atoms with Gasteiger partial charge in [0.1, 0.15) is 16.0 Å². The molecule has 0 saturated heterocycles. The zero-order chi connectivity index (χ0) is 21.0. The van der Waals surface area contributed by atoms with Gasteiger partial charge < -0.3 is 21.5 Å². The second-order valence-corrected chi connectivity index (χ2v) is 8.04. The fraction of sp³-hybridized carbons (Fsp3) is 0.150. The maximum Gasteiger partial charge on any atom is 0.253 e. The molecule has 3 rings (SSSR count). The van der Waals surface area contributed by atoms with E-state index in [0.717, 1.165) is 16.2 Å². The second-order valence-electron chi connectivity index (χ2n) is 6.03. The number of nitrogens with one attached hydrogen (secondary N) is 1. The summed E-state index contributed by atoms with van der Waals surface area (Å²) < 4.78 is 6.30. The summed E-state index contributed by atoms with van der Waals surface area (Å²) in [4.78, 5) is 29.1. The molecule has 0 fully saturated rings. The Labute approximate surface area is 180 Å². The maximum absolute atomic E-state index is 12.7. The molecular weight excluding hydrogens is 456 g/mol. The number of ether oxygens (including phenoxy) is 1. The lowest BCUT2D eigenvalue weighted by molar-refractivity contribution is -0.115. The van der Waals surface area contributed by atoms with Gasteiger partial charge in [-0.2, -0.15) is 0 Å². The van der Waals surface area contributed by atoms with Crippen molar-refractivity contribution in [3.05, 3.63) is 64.3 Å². The van der Waals surface area contributed by atoms with Crippen molar-refractivity contribution in [1.29, 1.82) is 0 Å². The minimum Gasteiger partial charge on any atom is -0.494 e. The number of carbonyl (C=O) groups is 2. The van der Waals surface area contributed by atoms with Crippen molar-refractivity contribution in [2.75, 3.05) is 11.9 Å². The normalized spacial score (nSPS) is 17.4. The summed E-state index contributed by atoms with van der Waals surface area (Å²) >= 11 is 4.44. The Morgan fingerprint density at radius 3 is 2.41 bits per heavy atom. The zero-order valence-electron chi connectivity index (χ0n) is 15.5. The second kappa shape index (κ2) is 9.15. The van der Waals surface area contributed by atoms with Gasteiger partial charge in [0.15, 0.2) is 0 Å². The molecule has 2 aromatic rings. The van der Waals surface area contributed by atoms with Gasteiger partial charge in [0.25, 0.3) is 5.91 Å². The lowest BCUT2D eigenvalue weighted by atomic mass is 10.1. The van der Waals surface area contributed by atoms with Gasteiger partial charge >= 0.3 is 0 Å². The molecule has 1 heterocycles. The molecule has 0 saturated carbocycles. The molecule has 1 aliphatic rings. The van der Waals surface area contributed by atoms with Crippen LogP contribution in [0, 0.1) is 0 Å². The molecule has 2 amide bonds. The molecule has 29 heavy (non-hydrogen) atoms. The predicted molar refractivity (Wildman–Crippen MR) is 119 cm³/mol. The topological polar surface area (TPSA) is 120 Å². The number of amides is 2. The van der Waals surface area contributed by atoms with E-state index in [0.29, 0.717) is 28.8 Å². The first kappa shape index (κ1) is 20.9. The molecule has 7 nitrogen and oxygen atoms in total. The molecule has 0 spiro atoms. The van der Waals surface area contributed by atoms with Crippen molar-refractivity contribution < 1.29 is 14.3 Å². The van der Waals surface area contributed by atoms with Crippen molar-refractivity contribution in [3.8, 4) is 5.75 Å². The number of thioether (sulfide) groups is 1. The summed E-state index contributed by atoms with van der Waals surface area (Å²) in [7, 11) is 0. The molecule has 1 aliphatic heterocycles. The van der Waals surface area contributed by atoms with Gasteiger partial charge in [-0.3, -0.25) is 9.59 Å². The average molecular weight is 475 g/mol. The van der Waals surface area contributed by atoms with Crippen LogP contribution in [0.25, 0.3) is 0 Å². The predicted octanol–water partition coefficient (Wildman–Crippen LogP) is 3.33. The highest BCUT2D eigenvalue weighted by Crippen LogP contribution is 2.35. The van der Waals surface area contributed by atoms with E-state index in [1.54, 1.807) is 36.4 Å². The molecule has 1 atom stereocenters. The minimum atomic E-state index is -0.803. The number of rotatable bonds is 6. The van der Waals surface area contributed by atoms with Crippen molar-refractivity contribution in [2.24, 2.45) is 16.5 Å². The number of hydrogen-bond donors (Lipinski definition) is 3. The van der Waals surface area contributed by atoms with E-state index in [-0.39, 0.29) is 17.2 Å². The number of carbonyl (C=O) groups excluding carboxylic acids is 2. The number of nitrogens with two attached hydrogens (primary N) is 2. The molecule has 0 aliphatic carbocycles. The molecule has 150 valence electrons. The van der Waals surface area contributed by atoms with Crippen molar-refractivity contribution in [3.63, 3.8) is 0 Å². The van der Waals surface area contributed by atoms with Crippen LogP contribution in [0.15, 0.2) is 69.3 Å². The summed E-state index contributed by atoms with van der Waals surface area (Å²) in [6.07, 6.45) is 0. The molecular formula is C20H19BrN4O3S. The van der Waals surface area contributed by atoms with Crippen LogP contribution in [0.1, 0.15) is 6.92 Å². The summed E-state index contributed by atoms with van der Waals surface area (Å²) in [6, 6.07) is 14.2. The van der Waals surface area contributed by atoms with Crippen molar-refractivity contribution >= 4 is 55.9 Å². The largest absolute Gasteiger partial charge is 0.494 e. The summed E-state index contributed by atoms with van der Waals surface area (Å²) in [5.74, 6) is -0.364. The Balaban J connectivity index is 1.83. The number of nitrogens with zero attached hydrogens (tertiary/aromatic N) is 1. The molecule has 5 N–H and O–H groups in total. The van der Waals surface area contributed by atoms with Crippen LogP contribution >= 0.6 is 27.7 Å². The van der Waals surface area contributed by atoms with Gasteiger partial charge in [0, 0.05) is 15.9 Å². The number of benzene rings is 2. The number of aliphatic imine (C=N–C) groups is 1. The Kier molecular flexibility index (Phi) is 6.60. The number of hydrogen-bond acceptors (Lipinski definition) is 6. The Morgan fingerprint density at radius 2 is 1.83 bits per heavy atom. The maximum atomic E-state index is 12.7. The smallest absolute Gasteiger partial charge is 0.253 e. The van der Waals surface area contributed by atoms with E-state index in [1.165, 1.54) is 0 Å². The fourth-order valence-electron chi connectivity index (χ4n) is 2.66. The van der Waals surface area contributed by atoms with E-state index in [9.17, 15) is 9.59 Å². The van der Waals surface area contributed by atoms with E-state index < -0.39 is 11.2 Å². The number of anilines is 1. The van der Waals surface area contributed by atoms with Crippen LogP contribution < -0.4 is 21.5 Å². The number of primary amides is 1. The summed E-state index contributed by atoms with van der Waals surface area (Å²) in [5, 5.41) is 2.30. The SMILES string of the molecule is CCOc1ccc(N=C2SC(C(=O)Nc3ccc(Br)cc3)C(N)=C2C(N)=O)cc1. The highest BCUT2D eigenvalue weighted by molar-refractivity contribution is 9.10. The van der Waals surface area contributed by atoms with Gasteiger partial charge in [-0.05, 0) is 55.5 Å². The number of halogens is 1. The van der Waals surface area contributed by atoms with E-state index in [1.807, 2.05) is 19.1 Å². The Hall–Kier alpha value is -2.78. The van der Waals surface area contributed by atoms with Crippen molar-refractivity contribution in [2.45, 2.75) is 12.2 Å². The van der Waals surface area contributed by atoms with Crippen molar-refractivity contribution in [1.82, 2.24) is 0 Å². The van der Waals surface area contributed by atoms with Crippen LogP contribution in [0.3, 0.4) is 0 Å².